The fourth-order valence-electron chi connectivity index (χ4n) is 5.07. The number of hydrogen-bond donors (Lipinski definition) is 1. The van der Waals surface area contributed by atoms with Crippen LogP contribution in [-0.4, -0.2) is 28.1 Å². The number of carbonyl (C=O) groups excluding carboxylic acids is 1. The zero-order chi connectivity index (χ0) is 19.6. The van der Waals surface area contributed by atoms with Crippen LogP contribution in [0.4, 0.5) is 4.39 Å². The maximum atomic E-state index is 13.5. The van der Waals surface area contributed by atoms with E-state index in [2.05, 4.69) is 0 Å². The quantitative estimate of drug-likeness (QED) is 0.837. The predicted molar refractivity (Wildman–Crippen MR) is 107 cm³/mol. The van der Waals surface area contributed by atoms with Crippen LogP contribution in [0.3, 0.4) is 0 Å². The molecule has 2 aromatic rings. The summed E-state index contributed by atoms with van der Waals surface area (Å²) in [7, 11) is 0. The molecule has 2 aromatic carbocycles. The Balaban J connectivity index is 1.58. The van der Waals surface area contributed by atoms with Gasteiger partial charge in [-0.3, -0.25) is 4.79 Å². The summed E-state index contributed by atoms with van der Waals surface area (Å²) in [6.45, 7) is 0.558. The van der Waals surface area contributed by atoms with Gasteiger partial charge < -0.3 is 10.0 Å². The summed E-state index contributed by atoms with van der Waals surface area (Å²) in [6.07, 6.45) is 5.59. The summed E-state index contributed by atoms with van der Waals surface area (Å²) >= 11 is 0. The summed E-state index contributed by atoms with van der Waals surface area (Å²) in [5, 5.41) is 11.3. The van der Waals surface area contributed by atoms with E-state index < -0.39 is 5.60 Å². The molecule has 0 unspecified atom stereocenters. The maximum absolute atomic E-state index is 13.5. The van der Waals surface area contributed by atoms with Gasteiger partial charge in [-0.05, 0) is 48.9 Å². The number of halogens is 1. The summed E-state index contributed by atoms with van der Waals surface area (Å²) in [4.78, 5) is 15.1. The largest absolute Gasteiger partial charge is 0.389 e. The van der Waals surface area contributed by atoms with Crippen LogP contribution < -0.4 is 0 Å². The molecule has 1 aliphatic heterocycles. The number of carbonyl (C=O) groups is 1. The van der Waals surface area contributed by atoms with Gasteiger partial charge in [0, 0.05) is 18.9 Å². The lowest BCUT2D eigenvalue weighted by Crippen LogP contribution is -2.56. The molecule has 4 rings (SSSR count). The fourth-order valence-corrected chi connectivity index (χ4v) is 5.07. The normalized spacial score (nSPS) is 27.3. The molecule has 2 aliphatic rings. The smallest absolute Gasteiger partial charge is 0.223 e. The molecular formula is C24H28FNO2. The minimum absolute atomic E-state index is 0.0149. The number of likely N-dealkylation sites (tertiary alicyclic amines) is 1. The van der Waals surface area contributed by atoms with Crippen molar-refractivity contribution in [3.63, 3.8) is 0 Å². The highest BCUT2D eigenvalue weighted by Crippen LogP contribution is 2.49. The van der Waals surface area contributed by atoms with E-state index in [9.17, 15) is 14.3 Å². The average Bonchev–Trinajstić information content (AvgIpc) is 2.72. The molecule has 0 bridgehead atoms. The molecule has 3 atom stereocenters. The van der Waals surface area contributed by atoms with Gasteiger partial charge in [0.2, 0.25) is 5.91 Å². The zero-order valence-corrected chi connectivity index (χ0v) is 16.2. The zero-order valence-electron chi connectivity index (χ0n) is 16.2. The Hall–Kier alpha value is -2.20. The van der Waals surface area contributed by atoms with Crippen LogP contribution >= 0.6 is 0 Å². The number of piperidine rings is 1. The van der Waals surface area contributed by atoms with Crippen molar-refractivity contribution >= 4 is 5.91 Å². The van der Waals surface area contributed by atoms with Crippen molar-refractivity contribution < 1.29 is 14.3 Å². The molecule has 1 saturated carbocycles. The Labute approximate surface area is 166 Å². The van der Waals surface area contributed by atoms with E-state index in [4.69, 9.17) is 0 Å². The Morgan fingerprint density at radius 2 is 1.82 bits per heavy atom. The summed E-state index contributed by atoms with van der Waals surface area (Å²) in [6, 6.07) is 16.3. The topological polar surface area (TPSA) is 40.5 Å². The lowest BCUT2D eigenvalue weighted by atomic mass is 9.66. The number of rotatable bonds is 4. The lowest BCUT2D eigenvalue weighted by molar-refractivity contribution is -0.155. The Morgan fingerprint density at radius 3 is 2.57 bits per heavy atom. The van der Waals surface area contributed by atoms with Crippen molar-refractivity contribution in [1.29, 1.82) is 0 Å². The van der Waals surface area contributed by atoms with E-state index in [1.165, 1.54) is 12.1 Å². The molecule has 0 aromatic heterocycles. The predicted octanol–water partition coefficient (Wildman–Crippen LogP) is 4.65. The van der Waals surface area contributed by atoms with Gasteiger partial charge in [0.25, 0.3) is 0 Å². The van der Waals surface area contributed by atoms with Crippen molar-refractivity contribution in [1.82, 2.24) is 4.90 Å². The lowest BCUT2D eigenvalue weighted by Gasteiger charge is -2.52. The molecular weight excluding hydrogens is 353 g/mol. The molecule has 1 N–H and O–H groups in total. The van der Waals surface area contributed by atoms with E-state index in [0.29, 0.717) is 25.8 Å². The minimum Gasteiger partial charge on any atom is -0.389 e. The van der Waals surface area contributed by atoms with Crippen LogP contribution in [0.15, 0.2) is 54.6 Å². The van der Waals surface area contributed by atoms with Crippen molar-refractivity contribution in [3.8, 4) is 0 Å². The molecule has 1 saturated heterocycles. The molecule has 4 heteroatoms. The number of aliphatic hydroxyl groups is 1. The second kappa shape index (κ2) is 8.04. The van der Waals surface area contributed by atoms with Crippen LogP contribution in [0.5, 0.6) is 0 Å². The molecule has 3 nitrogen and oxygen atoms in total. The first-order valence-electron chi connectivity index (χ1n) is 10.4. The van der Waals surface area contributed by atoms with Crippen molar-refractivity contribution in [2.45, 2.75) is 56.6 Å². The van der Waals surface area contributed by atoms with E-state index in [1.807, 2.05) is 35.2 Å². The minimum atomic E-state index is -0.715. The summed E-state index contributed by atoms with van der Waals surface area (Å²) in [5.41, 5.74) is 1.37. The van der Waals surface area contributed by atoms with Gasteiger partial charge in [-0.1, -0.05) is 55.3 Å². The number of amides is 1. The van der Waals surface area contributed by atoms with Crippen molar-refractivity contribution in [2.24, 2.45) is 5.92 Å². The van der Waals surface area contributed by atoms with Gasteiger partial charge in [0.05, 0.1) is 11.6 Å². The number of fused-ring (bicyclic) bond motifs is 1. The highest BCUT2D eigenvalue weighted by molar-refractivity contribution is 5.77. The first-order chi connectivity index (χ1) is 13.6. The van der Waals surface area contributed by atoms with E-state index in [1.54, 1.807) is 12.1 Å². The highest BCUT2D eigenvalue weighted by atomic mass is 19.1. The van der Waals surface area contributed by atoms with Crippen LogP contribution in [0.1, 0.15) is 55.7 Å². The molecule has 148 valence electrons. The molecule has 28 heavy (non-hydrogen) atoms. The number of benzene rings is 2. The molecule has 2 fully saturated rings. The van der Waals surface area contributed by atoms with Gasteiger partial charge in [-0.2, -0.15) is 0 Å². The van der Waals surface area contributed by atoms with Crippen LogP contribution in [0, 0.1) is 11.7 Å². The highest BCUT2D eigenvalue weighted by Gasteiger charge is 2.49. The number of hydrogen-bond acceptors (Lipinski definition) is 2. The van der Waals surface area contributed by atoms with E-state index >= 15 is 0 Å². The van der Waals surface area contributed by atoms with Gasteiger partial charge in [0.15, 0.2) is 0 Å². The van der Waals surface area contributed by atoms with E-state index in [0.717, 1.165) is 36.8 Å². The first-order valence-corrected chi connectivity index (χ1v) is 10.4. The SMILES string of the molecule is O=C(CCc1ccccc1)N1CC[C@]2(O)CCCC[C@@H]2[C@H]1c1ccc(F)cc1. The van der Waals surface area contributed by atoms with Crippen LogP contribution in [0.25, 0.3) is 0 Å². The molecule has 1 amide bonds. The summed E-state index contributed by atoms with van der Waals surface area (Å²) < 4.78 is 13.5. The summed E-state index contributed by atoms with van der Waals surface area (Å²) in [5.74, 6) is -0.146. The van der Waals surface area contributed by atoms with Crippen LogP contribution in [-0.2, 0) is 11.2 Å². The van der Waals surface area contributed by atoms with Crippen molar-refractivity contribution in [3.05, 3.63) is 71.5 Å². The third-order valence-corrected chi connectivity index (χ3v) is 6.57. The maximum Gasteiger partial charge on any atom is 0.223 e. The fraction of sp³-hybridized carbons (Fsp3) is 0.458. The third-order valence-electron chi connectivity index (χ3n) is 6.57. The standard InChI is InChI=1S/C24H28FNO2/c25-20-12-10-19(11-13-20)23-21-8-4-5-15-24(21,28)16-17-26(23)22(27)14-9-18-6-2-1-3-7-18/h1-3,6-7,10-13,21,23,28H,4-5,8-9,14-17H2/t21-,23-,24-/m1/s1. The monoisotopic (exact) mass is 381 g/mol. The molecule has 0 spiro atoms. The van der Waals surface area contributed by atoms with Gasteiger partial charge in [-0.25, -0.2) is 4.39 Å². The first kappa shape index (κ1) is 19.1. The molecule has 0 radical (unpaired) electrons. The number of aryl methyl sites for hydroxylation is 1. The average molecular weight is 381 g/mol. The van der Waals surface area contributed by atoms with Crippen molar-refractivity contribution in [2.75, 3.05) is 6.54 Å². The van der Waals surface area contributed by atoms with Crippen LogP contribution in [0.2, 0.25) is 0 Å². The van der Waals surface area contributed by atoms with E-state index in [-0.39, 0.29) is 23.7 Å². The Kier molecular flexibility index (Phi) is 5.49. The molecule has 1 aliphatic carbocycles. The molecule has 1 heterocycles. The van der Waals surface area contributed by atoms with Gasteiger partial charge >= 0.3 is 0 Å². The van der Waals surface area contributed by atoms with Gasteiger partial charge in [0.1, 0.15) is 5.82 Å². The third kappa shape index (κ3) is 3.83. The second-order valence-corrected chi connectivity index (χ2v) is 8.27. The Bertz CT molecular complexity index is 807. The second-order valence-electron chi connectivity index (χ2n) is 8.27. The number of nitrogens with zero attached hydrogens (tertiary/aromatic N) is 1. The van der Waals surface area contributed by atoms with Gasteiger partial charge in [-0.15, -0.1) is 0 Å². The Morgan fingerprint density at radius 1 is 1.07 bits per heavy atom.